The molecule has 0 aliphatic carbocycles. The second-order valence-corrected chi connectivity index (χ2v) is 8.01. The van der Waals surface area contributed by atoms with Crippen LogP contribution in [0.15, 0.2) is 23.8 Å². The van der Waals surface area contributed by atoms with Crippen LogP contribution in [0.5, 0.6) is 5.75 Å². The highest BCUT2D eigenvalue weighted by Crippen LogP contribution is 2.29. The van der Waals surface area contributed by atoms with E-state index in [1.807, 2.05) is 0 Å². The minimum Gasteiger partial charge on any atom is -0.488 e. The molecule has 2 aliphatic heterocycles. The normalized spacial score (nSPS) is 18.9. The molecule has 2 aliphatic rings. The van der Waals surface area contributed by atoms with Crippen molar-refractivity contribution < 1.29 is 17.9 Å². The van der Waals surface area contributed by atoms with E-state index in [0.717, 1.165) is 5.56 Å². The van der Waals surface area contributed by atoms with Crippen molar-refractivity contribution in [3.63, 3.8) is 0 Å². The second-order valence-electron chi connectivity index (χ2n) is 5.59. The summed E-state index contributed by atoms with van der Waals surface area (Å²) in [6.45, 7) is 1.61. The van der Waals surface area contributed by atoms with Crippen LogP contribution in [0.3, 0.4) is 0 Å². The van der Waals surface area contributed by atoms with Gasteiger partial charge >= 0.3 is 0 Å². The maximum Gasteiger partial charge on any atom is 0.253 e. The lowest BCUT2D eigenvalue weighted by Gasteiger charge is -2.34. The molecule has 0 spiro atoms. The number of benzene rings is 1. The molecule has 0 aromatic heterocycles. The Morgan fingerprint density at radius 1 is 1.22 bits per heavy atom. The predicted molar refractivity (Wildman–Crippen MR) is 87.9 cm³/mol. The van der Waals surface area contributed by atoms with Crippen LogP contribution in [0.4, 0.5) is 0 Å². The quantitative estimate of drug-likeness (QED) is 0.799. The highest BCUT2D eigenvalue weighted by Gasteiger charge is 2.28. The number of carbonyl (C=O) groups is 1. The summed E-state index contributed by atoms with van der Waals surface area (Å²) in [6.07, 6.45) is 2.97. The molecule has 0 radical (unpaired) electrons. The third kappa shape index (κ3) is 3.52. The van der Waals surface area contributed by atoms with Crippen LogP contribution in [-0.2, 0) is 14.8 Å². The Morgan fingerprint density at radius 3 is 2.57 bits per heavy atom. The SMILES string of the molecule is CS(=O)(=O)N1CCN(C(=O)C2=Cc3cc(Cl)ccc3OC2)CC1. The van der Waals surface area contributed by atoms with Crippen LogP contribution >= 0.6 is 11.6 Å². The van der Waals surface area contributed by atoms with Gasteiger partial charge in [-0.05, 0) is 24.3 Å². The van der Waals surface area contributed by atoms with Crippen molar-refractivity contribution in [3.8, 4) is 5.75 Å². The van der Waals surface area contributed by atoms with Crippen LogP contribution in [0, 0.1) is 0 Å². The van der Waals surface area contributed by atoms with Gasteiger partial charge in [0.2, 0.25) is 10.0 Å². The molecular weight excluding hydrogens is 340 g/mol. The van der Waals surface area contributed by atoms with Crippen molar-refractivity contribution in [2.24, 2.45) is 0 Å². The first-order valence-electron chi connectivity index (χ1n) is 7.22. The number of halogens is 1. The van der Waals surface area contributed by atoms with Crippen LogP contribution in [0.1, 0.15) is 5.56 Å². The first-order chi connectivity index (χ1) is 10.8. The van der Waals surface area contributed by atoms with Gasteiger partial charge in [-0.15, -0.1) is 0 Å². The van der Waals surface area contributed by atoms with Gasteiger partial charge in [-0.1, -0.05) is 11.6 Å². The minimum atomic E-state index is -3.20. The fourth-order valence-electron chi connectivity index (χ4n) is 2.70. The zero-order valence-electron chi connectivity index (χ0n) is 12.7. The van der Waals surface area contributed by atoms with Crippen molar-refractivity contribution in [3.05, 3.63) is 34.4 Å². The van der Waals surface area contributed by atoms with E-state index in [-0.39, 0.29) is 12.5 Å². The maximum absolute atomic E-state index is 12.6. The molecule has 1 fully saturated rings. The number of hydrogen-bond acceptors (Lipinski definition) is 4. The van der Waals surface area contributed by atoms with E-state index >= 15 is 0 Å². The first kappa shape index (κ1) is 16.3. The fourth-order valence-corrected chi connectivity index (χ4v) is 3.70. The topological polar surface area (TPSA) is 66.9 Å². The predicted octanol–water partition coefficient (Wildman–Crippen LogP) is 1.22. The van der Waals surface area contributed by atoms with Crippen molar-refractivity contribution >= 4 is 33.6 Å². The average Bonchev–Trinajstić information content (AvgIpc) is 2.52. The first-order valence-corrected chi connectivity index (χ1v) is 9.44. The molecule has 23 heavy (non-hydrogen) atoms. The Hall–Kier alpha value is -1.57. The molecule has 0 saturated carbocycles. The highest BCUT2D eigenvalue weighted by molar-refractivity contribution is 7.88. The smallest absolute Gasteiger partial charge is 0.253 e. The highest BCUT2D eigenvalue weighted by atomic mass is 35.5. The molecule has 1 amide bonds. The van der Waals surface area contributed by atoms with E-state index in [9.17, 15) is 13.2 Å². The van der Waals surface area contributed by atoms with Gasteiger partial charge in [-0.2, -0.15) is 4.31 Å². The van der Waals surface area contributed by atoms with E-state index in [0.29, 0.717) is 42.5 Å². The molecule has 0 N–H and O–H groups in total. The van der Waals surface area contributed by atoms with E-state index < -0.39 is 10.0 Å². The van der Waals surface area contributed by atoms with Gasteiger partial charge in [0.15, 0.2) is 0 Å². The molecule has 0 bridgehead atoms. The number of hydrogen-bond donors (Lipinski definition) is 0. The summed E-state index contributed by atoms with van der Waals surface area (Å²) in [7, 11) is -3.20. The van der Waals surface area contributed by atoms with E-state index in [1.165, 1.54) is 10.6 Å². The molecule has 3 rings (SSSR count). The van der Waals surface area contributed by atoms with Gasteiger partial charge in [-0.3, -0.25) is 4.79 Å². The summed E-state index contributed by atoms with van der Waals surface area (Å²) in [6, 6.07) is 5.27. The number of fused-ring (bicyclic) bond motifs is 1. The van der Waals surface area contributed by atoms with Gasteiger partial charge in [0, 0.05) is 36.8 Å². The molecule has 1 aromatic rings. The minimum absolute atomic E-state index is 0.122. The maximum atomic E-state index is 12.6. The van der Waals surface area contributed by atoms with Gasteiger partial charge in [0.25, 0.3) is 5.91 Å². The van der Waals surface area contributed by atoms with Crippen LogP contribution in [-0.4, -0.2) is 62.6 Å². The van der Waals surface area contributed by atoms with Crippen LogP contribution < -0.4 is 4.74 Å². The van der Waals surface area contributed by atoms with Gasteiger partial charge in [-0.25, -0.2) is 8.42 Å². The van der Waals surface area contributed by atoms with Crippen molar-refractivity contribution in [1.82, 2.24) is 9.21 Å². The summed E-state index contributed by atoms with van der Waals surface area (Å²) in [5, 5.41) is 0.582. The Kier molecular flexibility index (Phi) is 4.35. The number of sulfonamides is 1. The van der Waals surface area contributed by atoms with Gasteiger partial charge in [0.05, 0.1) is 11.8 Å². The zero-order chi connectivity index (χ0) is 16.6. The summed E-state index contributed by atoms with van der Waals surface area (Å²) in [5.74, 6) is 0.580. The number of ether oxygens (including phenoxy) is 1. The molecule has 8 heteroatoms. The van der Waals surface area contributed by atoms with Crippen LogP contribution in [0.25, 0.3) is 6.08 Å². The molecule has 6 nitrogen and oxygen atoms in total. The fraction of sp³-hybridized carbons (Fsp3) is 0.400. The monoisotopic (exact) mass is 356 g/mol. The third-order valence-electron chi connectivity index (χ3n) is 3.95. The van der Waals surface area contributed by atoms with Crippen LogP contribution in [0.2, 0.25) is 5.02 Å². The van der Waals surface area contributed by atoms with E-state index in [1.54, 1.807) is 29.2 Å². The van der Waals surface area contributed by atoms with Crippen molar-refractivity contribution in [2.45, 2.75) is 0 Å². The Morgan fingerprint density at radius 2 is 1.91 bits per heavy atom. The molecule has 124 valence electrons. The summed E-state index contributed by atoms with van der Waals surface area (Å²) in [5.41, 5.74) is 1.33. The number of rotatable bonds is 2. The molecule has 0 unspecified atom stereocenters. The number of piperazine rings is 1. The lowest BCUT2D eigenvalue weighted by Crippen LogP contribution is -2.50. The number of amides is 1. The Balaban J connectivity index is 1.72. The lowest BCUT2D eigenvalue weighted by molar-refractivity contribution is -0.128. The van der Waals surface area contributed by atoms with Gasteiger partial charge < -0.3 is 9.64 Å². The Bertz CT molecular complexity index is 768. The summed E-state index contributed by atoms with van der Waals surface area (Å²) >= 11 is 5.97. The largest absolute Gasteiger partial charge is 0.488 e. The van der Waals surface area contributed by atoms with Crippen molar-refractivity contribution in [2.75, 3.05) is 39.0 Å². The van der Waals surface area contributed by atoms with E-state index in [2.05, 4.69) is 0 Å². The third-order valence-corrected chi connectivity index (χ3v) is 5.49. The number of carbonyl (C=O) groups excluding carboxylic acids is 1. The molecular formula is C15H17ClN2O4S. The van der Waals surface area contributed by atoms with Crippen molar-refractivity contribution in [1.29, 1.82) is 0 Å². The standard InChI is InChI=1S/C15H17ClN2O4S/c1-23(20,21)18-6-4-17(5-7-18)15(19)12-8-11-9-13(16)2-3-14(11)22-10-12/h2-3,8-9H,4-7,10H2,1H3. The van der Waals surface area contributed by atoms with Gasteiger partial charge in [0.1, 0.15) is 12.4 Å². The Labute approximate surface area is 140 Å². The lowest BCUT2D eigenvalue weighted by atomic mass is 10.1. The summed E-state index contributed by atoms with van der Waals surface area (Å²) < 4.78 is 30.0. The summed E-state index contributed by atoms with van der Waals surface area (Å²) in [4.78, 5) is 14.2. The van der Waals surface area contributed by atoms with E-state index in [4.69, 9.17) is 16.3 Å². The molecule has 0 atom stereocenters. The zero-order valence-corrected chi connectivity index (χ0v) is 14.2. The number of nitrogens with zero attached hydrogens (tertiary/aromatic N) is 2. The average molecular weight is 357 g/mol. The second kappa shape index (κ2) is 6.14. The molecule has 1 aromatic carbocycles. The molecule has 1 saturated heterocycles. The molecule has 2 heterocycles.